The average Bonchev–Trinajstić information content (AvgIpc) is 2.92. The molecule has 1 fully saturated rings. The first-order chi connectivity index (χ1) is 10.9. The number of rotatable bonds is 5. The van der Waals surface area contributed by atoms with Crippen LogP contribution in [-0.4, -0.2) is 47.0 Å². The van der Waals surface area contributed by atoms with Crippen LogP contribution in [0.1, 0.15) is 30.1 Å². The summed E-state index contributed by atoms with van der Waals surface area (Å²) in [5.41, 5.74) is 0.598. The number of benzene rings is 1. The summed E-state index contributed by atoms with van der Waals surface area (Å²) in [5, 5.41) is 15.0. The Labute approximate surface area is 138 Å². The minimum atomic E-state index is -1.10. The van der Waals surface area contributed by atoms with Crippen molar-refractivity contribution >= 4 is 35.2 Å². The van der Waals surface area contributed by atoms with Crippen molar-refractivity contribution in [3.8, 4) is 0 Å². The van der Waals surface area contributed by atoms with Gasteiger partial charge in [0, 0.05) is 31.2 Å². The fourth-order valence-electron chi connectivity index (χ4n) is 2.27. The van der Waals surface area contributed by atoms with E-state index in [4.69, 9.17) is 16.7 Å². The van der Waals surface area contributed by atoms with Crippen molar-refractivity contribution in [1.82, 2.24) is 10.2 Å². The van der Waals surface area contributed by atoms with Gasteiger partial charge in [-0.3, -0.25) is 9.69 Å². The Morgan fingerprint density at radius 2 is 2.17 bits per heavy atom. The van der Waals surface area contributed by atoms with Crippen LogP contribution >= 0.6 is 11.6 Å². The number of halogens is 1. The molecule has 1 aromatic rings. The molecule has 0 radical (unpaired) electrons. The molecule has 0 bridgehead atoms. The molecule has 0 spiro atoms. The lowest BCUT2D eigenvalue weighted by Gasteiger charge is -2.20. The van der Waals surface area contributed by atoms with Crippen LogP contribution in [-0.2, 0) is 4.79 Å². The molecule has 0 aromatic heterocycles. The van der Waals surface area contributed by atoms with Crippen molar-refractivity contribution in [3.05, 3.63) is 28.8 Å². The Morgan fingerprint density at radius 1 is 1.43 bits per heavy atom. The molecule has 124 valence electrons. The van der Waals surface area contributed by atoms with Crippen LogP contribution in [0, 0.1) is 0 Å². The van der Waals surface area contributed by atoms with E-state index in [-0.39, 0.29) is 22.5 Å². The number of urea groups is 1. The van der Waals surface area contributed by atoms with Crippen molar-refractivity contribution in [1.29, 1.82) is 0 Å². The molecule has 0 aliphatic carbocycles. The summed E-state index contributed by atoms with van der Waals surface area (Å²) in [7, 11) is 0. The highest BCUT2D eigenvalue weighted by atomic mass is 35.5. The van der Waals surface area contributed by atoms with Gasteiger partial charge < -0.3 is 15.7 Å². The fraction of sp³-hybridized carbons (Fsp3) is 0.400. The lowest BCUT2D eigenvalue weighted by molar-refractivity contribution is -0.125. The van der Waals surface area contributed by atoms with E-state index in [1.165, 1.54) is 17.0 Å². The second-order valence-electron chi connectivity index (χ2n) is 5.38. The van der Waals surface area contributed by atoms with Gasteiger partial charge in [-0.1, -0.05) is 11.6 Å². The molecule has 1 aromatic carbocycles. The summed E-state index contributed by atoms with van der Waals surface area (Å²) >= 11 is 5.81. The first-order valence-corrected chi connectivity index (χ1v) is 7.64. The van der Waals surface area contributed by atoms with E-state index in [0.29, 0.717) is 31.6 Å². The van der Waals surface area contributed by atoms with Gasteiger partial charge in [0.1, 0.15) is 0 Å². The number of aromatic carboxylic acids is 1. The monoisotopic (exact) mass is 339 g/mol. The van der Waals surface area contributed by atoms with Crippen molar-refractivity contribution in [2.45, 2.75) is 25.8 Å². The van der Waals surface area contributed by atoms with Crippen LogP contribution in [0.4, 0.5) is 10.5 Å². The highest BCUT2D eigenvalue weighted by Gasteiger charge is 2.26. The van der Waals surface area contributed by atoms with Crippen LogP contribution in [0.2, 0.25) is 5.02 Å². The smallest absolute Gasteiger partial charge is 0.337 e. The number of nitrogens with zero attached hydrogens (tertiary/aromatic N) is 1. The Hall–Kier alpha value is -2.28. The van der Waals surface area contributed by atoms with Crippen LogP contribution < -0.4 is 10.6 Å². The molecule has 1 saturated heterocycles. The lowest BCUT2D eigenvalue weighted by Crippen LogP contribution is -2.46. The van der Waals surface area contributed by atoms with Crippen molar-refractivity contribution in [2.75, 3.05) is 18.4 Å². The molecule has 2 rings (SSSR count). The zero-order valence-electron chi connectivity index (χ0n) is 12.6. The number of carboxylic acids is 1. The standard InChI is InChI=1S/C15H18ClN3O4/c1-9(18-15(23)19-6-2-3-13(19)20)8-17-10-4-5-12(16)11(7-10)14(21)22/h4-5,7,9,17H,2-3,6,8H2,1H3,(H,18,23)(H,21,22). The molecule has 3 amide bonds. The first kappa shape index (κ1) is 17.1. The summed E-state index contributed by atoms with van der Waals surface area (Å²) in [6, 6.07) is 3.96. The Balaban J connectivity index is 1.88. The number of carbonyl (C=O) groups is 3. The number of carbonyl (C=O) groups excluding carboxylic acids is 2. The van der Waals surface area contributed by atoms with E-state index in [1.807, 2.05) is 0 Å². The molecule has 0 saturated carbocycles. The summed E-state index contributed by atoms with van der Waals surface area (Å²) < 4.78 is 0. The van der Waals surface area contributed by atoms with Crippen molar-refractivity contribution in [2.24, 2.45) is 0 Å². The highest BCUT2D eigenvalue weighted by molar-refractivity contribution is 6.33. The number of carboxylic acid groups (broad SMARTS) is 1. The number of hydrogen-bond donors (Lipinski definition) is 3. The summed E-state index contributed by atoms with van der Waals surface area (Å²) in [5.74, 6) is -1.26. The van der Waals surface area contributed by atoms with E-state index >= 15 is 0 Å². The molecule has 1 atom stereocenters. The zero-order chi connectivity index (χ0) is 17.0. The predicted molar refractivity (Wildman–Crippen MR) is 85.8 cm³/mol. The maximum Gasteiger partial charge on any atom is 0.337 e. The third kappa shape index (κ3) is 4.35. The molecule has 1 heterocycles. The Morgan fingerprint density at radius 3 is 2.78 bits per heavy atom. The maximum absolute atomic E-state index is 11.9. The SMILES string of the molecule is CC(CNc1ccc(Cl)c(C(=O)O)c1)NC(=O)N1CCCC1=O. The summed E-state index contributed by atoms with van der Waals surface area (Å²) in [6.45, 7) is 2.62. The first-order valence-electron chi connectivity index (χ1n) is 7.26. The minimum Gasteiger partial charge on any atom is -0.478 e. The summed E-state index contributed by atoms with van der Waals surface area (Å²) in [6.07, 6.45) is 1.10. The number of anilines is 1. The van der Waals surface area contributed by atoms with Crippen LogP contribution in [0.25, 0.3) is 0 Å². The van der Waals surface area contributed by atoms with Gasteiger partial charge in [0.2, 0.25) is 5.91 Å². The number of imide groups is 1. The van der Waals surface area contributed by atoms with Crippen LogP contribution in [0.3, 0.4) is 0 Å². The average molecular weight is 340 g/mol. The quantitative estimate of drug-likeness (QED) is 0.763. The topological polar surface area (TPSA) is 98.7 Å². The second-order valence-corrected chi connectivity index (χ2v) is 5.79. The molecular weight excluding hydrogens is 322 g/mol. The van der Waals surface area contributed by atoms with Gasteiger partial charge in [-0.2, -0.15) is 0 Å². The van der Waals surface area contributed by atoms with E-state index < -0.39 is 12.0 Å². The second kappa shape index (κ2) is 7.32. The number of amides is 3. The minimum absolute atomic E-state index is 0.0102. The molecule has 23 heavy (non-hydrogen) atoms. The van der Waals surface area contributed by atoms with Crippen molar-refractivity contribution < 1.29 is 19.5 Å². The Bertz CT molecular complexity index is 635. The van der Waals surface area contributed by atoms with Gasteiger partial charge in [0.15, 0.2) is 0 Å². The number of nitrogens with one attached hydrogen (secondary N) is 2. The van der Waals surface area contributed by atoms with Crippen LogP contribution in [0.15, 0.2) is 18.2 Å². The zero-order valence-corrected chi connectivity index (χ0v) is 13.4. The van der Waals surface area contributed by atoms with Crippen LogP contribution in [0.5, 0.6) is 0 Å². The largest absolute Gasteiger partial charge is 0.478 e. The molecular formula is C15H18ClN3O4. The summed E-state index contributed by atoms with van der Waals surface area (Å²) in [4.78, 5) is 35.7. The highest BCUT2D eigenvalue weighted by Crippen LogP contribution is 2.20. The van der Waals surface area contributed by atoms with Crippen molar-refractivity contribution in [3.63, 3.8) is 0 Å². The van der Waals surface area contributed by atoms with Gasteiger partial charge in [-0.05, 0) is 31.5 Å². The third-order valence-corrected chi connectivity index (χ3v) is 3.83. The third-order valence-electron chi connectivity index (χ3n) is 3.50. The van der Waals surface area contributed by atoms with E-state index in [2.05, 4.69) is 10.6 Å². The number of likely N-dealkylation sites (tertiary alicyclic amines) is 1. The van der Waals surface area contributed by atoms with E-state index in [9.17, 15) is 14.4 Å². The van der Waals surface area contributed by atoms with Gasteiger partial charge in [-0.25, -0.2) is 9.59 Å². The molecule has 8 heteroatoms. The number of hydrogen-bond acceptors (Lipinski definition) is 4. The van der Waals surface area contributed by atoms with E-state index in [0.717, 1.165) is 0 Å². The van der Waals surface area contributed by atoms with Gasteiger partial charge in [0.25, 0.3) is 0 Å². The molecule has 1 unspecified atom stereocenters. The predicted octanol–water partition coefficient (Wildman–Crippen LogP) is 2.17. The van der Waals surface area contributed by atoms with Gasteiger partial charge >= 0.3 is 12.0 Å². The van der Waals surface area contributed by atoms with Gasteiger partial charge in [-0.15, -0.1) is 0 Å². The lowest BCUT2D eigenvalue weighted by atomic mass is 10.2. The molecule has 3 N–H and O–H groups in total. The maximum atomic E-state index is 11.9. The molecule has 1 aliphatic heterocycles. The van der Waals surface area contributed by atoms with Gasteiger partial charge in [0.05, 0.1) is 10.6 Å². The molecule has 1 aliphatic rings. The van der Waals surface area contributed by atoms with E-state index in [1.54, 1.807) is 13.0 Å². The normalized spacial score (nSPS) is 15.4. The fourth-order valence-corrected chi connectivity index (χ4v) is 2.47. The molecule has 7 nitrogen and oxygen atoms in total. The Kier molecular flexibility index (Phi) is 5.44.